The van der Waals surface area contributed by atoms with Crippen LogP contribution in [0.2, 0.25) is 0 Å². The number of amidine groups is 1. The largest absolute Gasteiger partial charge is 0.493 e. The summed E-state index contributed by atoms with van der Waals surface area (Å²) in [6, 6.07) is 9.40. The maximum atomic E-state index is 12.3. The number of nitrogens with two attached hydrogens (primary N) is 1. The standard InChI is InChI=1S/C18H18BrF2N3O4/c1-10-7-12(4-5-13(10)19)23-16(25)9-27-24-17(22)11-3-6-14(28-18(20)21)15(8-11)26-2/h3-8,18H,9H2,1-2H3,(H2,22,24)(H,23,25). The number of benzene rings is 2. The van der Waals surface area contributed by atoms with Crippen LogP contribution in [-0.2, 0) is 9.63 Å². The van der Waals surface area contributed by atoms with Crippen molar-refractivity contribution in [3.05, 3.63) is 52.0 Å². The molecule has 0 bridgehead atoms. The quantitative estimate of drug-likeness (QED) is 0.358. The van der Waals surface area contributed by atoms with Crippen LogP contribution in [0.5, 0.6) is 11.5 Å². The zero-order valence-corrected chi connectivity index (χ0v) is 16.6. The second-order valence-electron chi connectivity index (χ2n) is 5.51. The third kappa shape index (κ3) is 6.08. The van der Waals surface area contributed by atoms with E-state index in [1.54, 1.807) is 12.1 Å². The Balaban J connectivity index is 1.96. The van der Waals surface area contributed by atoms with E-state index in [0.29, 0.717) is 11.3 Å². The fourth-order valence-corrected chi connectivity index (χ4v) is 2.40. The molecular formula is C18H18BrF2N3O4. The van der Waals surface area contributed by atoms with Crippen molar-refractivity contribution >= 4 is 33.4 Å². The molecule has 10 heteroatoms. The SMILES string of the molecule is COc1cc(/C(N)=N\OCC(=O)Nc2ccc(Br)c(C)c2)ccc1OC(F)F. The van der Waals surface area contributed by atoms with Gasteiger partial charge in [-0.15, -0.1) is 0 Å². The number of carbonyl (C=O) groups is 1. The van der Waals surface area contributed by atoms with Crippen LogP contribution in [0.4, 0.5) is 14.5 Å². The first-order chi connectivity index (χ1) is 13.3. The summed E-state index contributed by atoms with van der Waals surface area (Å²) >= 11 is 3.38. The average Bonchev–Trinajstić information content (AvgIpc) is 2.64. The minimum Gasteiger partial charge on any atom is -0.493 e. The van der Waals surface area contributed by atoms with Crippen LogP contribution >= 0.6 is 15.9 Å². The Bertz CT molecular complexity index is 878. The van der Waals surface area contributed by atoms with Crippen molar-refractivity contribution in [1.82, 2.24) is 0 Å². The highest BCUT2D eigenvalue weighted by Crippen LogP contribution is 2.29. The van der Waals surface area contributed by atoms with Gasteiger partial charge in [0.1, 0.15) is 0 Å². The molecule has 3 N–H and O–H groups in total. The summed E-state index contributed by atoms with van der Waals surface area (Å²) in [6.07, 6.45) is 0. The first-order valence-electron chi connectivity index (χ1n) is 7.94. The van der Waals surface area contributed by atoms with Crippen LogP contribution in [0.25, 0.3) is 0 Å². The zero-order valence-electron chi connectivity index (χ0n) is 15.0. The molecule has 2 rings (SSSR count). The highest BCUT2D eigenvalue weighted by Gasteiger charge is 2.12. The van der Waals surface area contributed by atoms with Crippen molar-refractivity contribution in [2.45, 2.75) is 13.5 Å². The number of rotatable bonds is 8. The molecule has 0 aliphatic rings. The van der Waals surface area contributed by atoms with Crippen LogP contribution in [0.1, 0.15) is 11.1 Å². The Morgan fingerprint density at radius 2 is 2.00 bits per heavy atom. The number of anilines is 1. The van der Waals surface area contributed by atoms with Gasteiger partial charge in [0.15, 0.2) is 23.9 Å². The summed E-state index contributed by atoms with van der Waals surface area (Å²) in [7, 11) is 1.30. The van der Waals surface area contributed by atoms with E-state index < -0.39 is 12.5 Å². The zero-order chi connectivity index (χ0) is 20.7. The van der Waals surface area contributed by atoms with Gasteiger partial charge in [0.05, 0.1) is 7.11 Å². The molecule has 0 unspecified atom stereocenters. The normalized spacial score (nSPS) is 11.3. The van der Waals surface area contributed by atoms with Crippen LogP contribution in [-0.4, -0.2) is 32.1 Å². The van der Waals surface area contributed by atoms with E-state index in [-0.39, 0.29) is 23.9 Å². The van der Waals surface area contributed by atoms with E-state index in [9.17, 15) is 13.6 Å². The molecule has 0 saturated heterocycles. The van der Waals surface area contributed by atoms with Crippen LogP contribution in [0.3, 0.4) is 0 Å². The van der Waals surface area contributed by atoms with Crippen molar-refractivity contribution in [2.24, 2.45) is 10.9 Å². The lowest BCUT2D eigenvalue weighted by Crippen LogP contribution is -2.19. The average molecular weight is 458 g/mol. The summed E-state index contributed by atoms with van der Waals surface area (Å²) in [6.45, 7) is -1.45. The van der Waals surface area contributed by atoms with E-state index in [4.69, 9.17) is 15.3 Å². The van der Waals surface area contributed by atoms with Gasteiger partial charge >= 0.3 is 6.61 Å². The number of aryl methyl sites for hydroxylation is 1. The summed E-state index contributed by atoms with van der Waals surface area (Å²) in [4.78, 5) is 16.9. The molecule has 2 aromatic carbocycles. The van der Waals surface area contributed by atoms with Gasteiger partial charge in [-0.2, -0.15) is 8.78 Å². The number of nitrogens with zero attached hydrogens (tertiary/aromatic N) is 1. The smallest absolute Gasteiger partial charge is 0.387 e. The van der Waals surface area contributed by atoms with E-state index in [1.807, 2.05) is 13.0 Å². The number of ether oxygens (including phenoxy) is 2. The highest BCUT2D eigenvalue weighted by atomic mass is 79.9. The Labute approximate surface area is 168 Å². The minimum absolute atomic E-state index is 0.0549. The van der Waals surface area contributed by atoms with Gasteiger partial charge in [0, 0.05) is 15.7 Å². The summed E-state index contributed by atoms with van der Waals surface area (Å²) in [5.74, 6) is -0.566. The highest BCUT2D eigenvalue weighted by molar-refractivity contribution is 9.10. The van der Waals surface area contributed by atoms with Crippen molar-refractivity contribution < 1.29 is 27.9 Å². The molecule has 0 aliphatic carbocycles. The number of nitrogens with one attached hydrogen (secondary N) is 1. The molecule has 0 heterocycles. The van der Waals surface area contributed by atoms with Gasteiger partial charge in [-0.05, 0) is 48.9 Å². The first kappa shape index (κ1) is 21.4. The summed E-state index contributed by atoms with van der Waals surface area (Å²) in [5, 5.41) is 6.32. The molecular weight excluding hydrogens is 440 g/mol. The van der Waals surface area contributed by atoms with E-state index in [2.05, 4.69) is 31.1 Å². The van der Waals surface area contributed by atoms with Crippen LogP contribution < -0.4 is 20.5 Å². The maximum Gasteiger partial charge on any atom is 0.387 e. The molecule has 28 heavy (non-hydrogen) atoms. The maximum absolute atomic E-state index is 12.3. The fourth-order valence-electron chi connectivity index (χ4n) is 2.15. The van der Waals surface area contributed by atoms with Gasteiger partial charge < -0.3 is 25.4 Å². The van der Waals surface area contributed by atoms with Gasteiger partial charge in [0.25, 0.3) is 5.91 Å². The van der Waals surface area contributed by atoms with Crippen LogP contribution in [0.15, 0.2) is 46.0 Å². The van der Waals surface area contributed by atoms with Gasteiger partial charge in [-0.3, -0.25) is 4.79 Å². The molecule has 0 saturated carbocycles. The van der Waals surface area contributed by atoms with Crippen molar-refractivity contribution in [3.8, 4) is 11.5 Å². The number of carbonyl (C=O) groups excluding carboxylic acids is 1. The predicted octanol–water partition coefficient (Wildman–Crippen LogP) is 3.64. The Hall–Kier alpha value is -2.88. The number of halogens is 3. The molecule has 0 radical (unpaired) electrons. The Kier molecular flexibility index (Phi) is 7.56. The summed E-state index contributed by atoms with van der Waals surface area (Å²) in [5.41, 5.74) is 7.72. The summed E-state index contributed by atoms with van der Waals surface area (Å²) < 4.78 is 34.9. The molecule has 0 atom stereocenters. The lowest BCUT2D eigenvalue weighted by Gasteiger charge is -2.11. The van der Waals surface area contributed by atoms with Gasteiger partial charge in [-0.25, -0.2) is 0 Å². The van der Waals surface area contributed by atoms with Gasteiger partial charge in [0.2, 0.25) is 0 Å². The molecule has 0 aliphatic heterocycles. The Morgan fingerprint density at radius 1 is 1.25 bits per heavy atom. The van der Waals surface area contributed by atoms with Crippen molar-refractivity contribution in [3.63, 3.8) is 0 Å². The topological polar surface area (TPSA) is 95.2 Å². The molecule has 7 nitrogen and oxygen atoms in total. The third-order valence-corrected chi connectivity index (χ3v) is 4.37. The third-order valence-electron chi connectivity index (χ3n) is 3.48. The second kappa shape index (κ2) is 9.88. The van der Waals surface area contributed by atoms with Crippen molar-refractivity contribution in [2.75, 3.05) is 19.0 Å². The van der Waals surface area contributed by atoms with Crippen molar-refractivity contribution in [1.29, 1.82) is 0 Å². The number of methoxy groups -OCH3 is 1. The Morgan fingerprint density at radius 3 is 2.64 bits per heavy atom. The van der Waals surface area contributed by atoms with E-state index in [0.717, 1.165) is 10.0 Å². The van der Waals surface area contributed by atoms with E-state index in [1.165, 1.54) is 25.3 Å². The monoisotopic (exact) mass is 457 g/mol. The lowest BCUT2D eigenvalue weighted by molar-refractivity contribution is -0.120. The first-order valence-corrected chi connectivity index (χ1v) is 8.74. The second-order valence-corrected chi connectivity index (χ2v) is 6.36. The predicted molar refractivity (Wildman–Crippen MR) is 104 cm³/mol. The number of amides is 1. The molecule has 0 spiro atoms. The lowest BCUT2D eigenvalue weighted by atomic mass is 10.2. The fraction of sp³-hybridized carbons (Fsp3) is 0.222. The van der Waals surface area contributed by atoms with Gasteiger partial charge in [-0.1, -0.05) is 21.1 Å². The molecule has 1 amide bonds. The van der Waals surface area contributed by atoms with Crippen LogP contribution in [0, 0.1) is 6.92 Å². The molecule has 0 fully saturated rings. The van der Waals surface area contributed by atoms with E-state index >= 15 is 0 Å². The number of hydrogen-bond donors (Lipinski definition) is 2. The molecule has 2 aromatic rings. The molecule has 0 aromatic heterocycles. The number of hydrogen-bond acceptors (Lipinski definition) is 5. The molecule has 150 valence electrons. The number of oxime groups is 1. The minimum atomic E-state index is -2.98. The number of alkyl halides is 2.